The third-order valence-electron chi connectivity index (χ3n) is 2.62. The van der Waals surface area contributed by atoms with Crippen LogP contribution in [-0.4, -0.2) is 17.2 Å². The Kier molecular flexibility index (Phi) is 4.88. The summed E-state index contributed by atoms with van der Waals surface area (Å²) in [5.74, 6) is -0.452. The van der Waals surface area contributed by atoms with Crippen LogP contribution >= 0.6 is 23.2 Å². The van der Waals surface area contributed by atoms with E-state index < -0.39 is 12.9 Å². The molecule has 20 heavy (non-hydrogen) atoms. The Morgan fingerprint density at radius 1 is 1.15 bits per heavy atom. The predicted octanol–water partition coefficient (Wildman–Crippen LogP) is 2.39. The maximum Gasteiger partial charge on any atom is 0.488 e. The van der Waals surface area contributed by atoms with Crippen molar-refractivity contribution in [1.82, 2.24) is 0 Å². The number of halogens is 3. The molecule has 0 aliphatic rings. The number of ether oxygens (including phenoxy) is 1. The molecular weight excluding hydrogens is 305 g/mol. The van der Waals surface area contributed by atoms with Crippen molar-refractivity contribution in [2.24, 2.45) is 0 Å². The summed E-state index contributed by atoms with van der Waals surface area (Å²) in [5, 5.41) is 18.8. The van der Waals surface area contributed by atoms with Crippen molar-refractivity contribution >= 4 is 35.8 Å². The zero-order chi connectivity index (χ0) is 14.7. The Morgan fingerprint density at radius 3 is 2.60 bits per heavy atom. The molecule has 2 aromatic carbocycles. The molecule has 0 aliphatic carbocycles. The standard InChI is InChI=1S/C13H10BCl2FO3/c15-12-3-1-2-8(13(12)16)7-20-11-5-9(14(18)19)4-10(17)6-11/h1-6,18-19H,7H2. The second-order valence-corrected chi connectivity index (χ2v) is 4.88. The van der Waals surface area contributed by atoms with Crippen molar-refractivity contribution in [3.05, 3.63) is 57.8 Å². The zero-order valence-electron chi connectivity index (χ0n) is 10.2. The molecular formula is C13H10BCl2FO3. The van der Waals surface area contributed by atoms with Gasteiger partial charge in [-0.05, 0) is 23.7 Å². The Morgan fingerprint density at radius 2 is 1.90 bits per heavy atom. The van der Waals surface area contributed by atoms with Crippen molar-refractivity contribution in [3.63, 3.8) is 0 Å². The van der Waals surface area contributed by atoms with Gasteiger partial charge in [-0.2, -0.15) is 0 Å². The second-order valence-electron chi connectivity index (χ2n) is 4.10. The van der Waals surface area contributed by atoms with E-state index in [-0.39, 0.29) is 17.8 Å². The zero-order valence-corrected chi connectivity index (χ0v) is 11.7. The minimum Gasteiger partial charge on any atom is -0.489 e. The molecule has 0 radical (unpaired) electrons. The van der Waals surface area contributed by atoms with Gasteiger partial charge in [-0.15, -0.1) is 0 Å². The van der Waals surface area contributed by atoms with Gasteiger partial charge in [-0.3, -0.25) is 0 Å². The average Bonchev–Trinajstić information content (AvgIpc) is 2.40. The molecule has 0 aliphatic heterocycles. The molecule has 0 aromatic heterocycles. The van der Waals surface area contributed by atoms with E-state index >= 15 is 0 Å². The number of hydrogen-bond donors (Lipinski definition) is 2. The molecule has 2 rings (SSSR count). The smallest absolute Gasteiger partial charge is 0.488 e. The van der Waals surface area contributed by atoms with Gasteiger partial charge in [0.05, 0.1) is 10.0 Å². The highest BCUT2D eigenvalue weighted by molar-refractivity contribution is 6.58. The summed E-state index contributed by atoms with van der Waals surface area (Å²) in [6.45, 7) is 0.0871. The van der Waals surface area contributed by atoms with Gasteiger partial charge in [0.2, 0.25) is 0 Å². The maximum absolute atomic E-state index is 13.3. The summed E-state index contributed by atoms with van der Waals surface area (Å²) in [7, 11) is -1.76. The second kappa shape index (κ2) is 6.46. The normalized spacial score (nSPS) is 10.4. The van der Waals surface area contributed by atoms with Crippen molar-refractivity contribution < 1.29 is 19.2 Å². The van der Waals surface area contributed by atoms with Crippen molar-refractivity contribution in [2.45, 2.75) is 6.61 Å². The summed E-state index contributed by atoms with van der Waals surface area (Å²) in [5.41, 5.74) is 0.659. The molecule has 0 fully saturated rings. The third-order valence-corrected chi connectivity index (χ3v) is 3.48. The van der Waals surface area contributed by atoms with E-state index in [1.54, 1.807) is 18.2 Å². The van der Waals surface area contributed by atoms with Crippen LogP contribution in [-0.2, 0) is 6.61 Å². The van der Waals surface area contributed by atoms with Gasteiger partial charge in [0.15, 0.2) is 0 Å². The number of hydrogen-bond acceptors (Lipinski definition) is 3. The highest BCUT2D eigenvalue weighted by Gasteiger charge is 2.14. The molecule has 2 aromatic rings. The maximum atomic E-state index is 13.3. The molecule has 2 N–H and O–H groups in total. The lowest BCUT2D eigenvalue weighted by molar-refractivity contribution is 0.304. The third kappa shape index (κ3) is 3.64. The minimum absolute atomic E-state index is 0.0113. The summed E-state index contributed by atoms with van der Waals surface area (Å²) in [6, 6.07) is 8.60. The SMILES string of the molecule is OB(O)c1cc(F)cc(OCc2cccc(Cl)c2Cl)c1. The summed E-state index contributed by atoms with van der Waals surface area (Å²) in [6.07, 6.45) is 0. The van der Waals surface area contributed by atoms with Crippen LogP contribution in [0.3, 0.4) is 0 Å². The minimum atomic E-state index is -1.76. The monoisotopic (exact) mass is 314 g/mol. The van der Waals surface area contributed by atoms with Gasteiger partial charge < -0.3 is 14.8 Å². The highest BCUT2D eigenvalue weighted by atomic mass is 35.5. The van der Waals surface area contributed by atoms with Crippen LogP contribution in [0.5, 0.6) is 5.75 Å². The Bertz CT molecular complexity index is 623. The first-order valence-corrected chi connectivity index (χ1v) is 6.45. The molecule has 0 heterocycles. The van der Waals surface area contributed by atoms with E-state index in [4.69, 9.17) is 38.0 Å². The Balaban J connectivity index is 2.16. The van der Waals surface area contributed by atoms with Crippen LogP contribution < -0.4 is 10.2 Å². The van der Waals surface area contributed by atoms with Gasteiger partial charge in [0.25, 0.3) is 0 Å². The Hall–Kier alpha value is -1.27. The van der Waals surface area contributed by atoms with Crippen LogP contribution in [0.4, 0.5) is 4.39 Å². The highest BCUT2D eigenvalue weighted by Crippen LogP contribution is 2.26. The van der Waals surface area contributed by atoms with Crippen LogP contribution in [0.25, 0.3) is 0 Å². The van der Waals surface area contributed by atoms with E-state index in [2.05, 4.69) is 0 Å². The van der Waals surface area contributed by atoms with Crippen LogP contribution in [0.2, 0.25) is 10.0 Å². The molecule has 104 valence electrons. The molecule has 0 atom stereocenters. The molecule has 0 amide bonds. The van der Waals surface area contributed by atoms with E-state index in [0.717, 1.165) is 12.1 Å². The molecule has 0 saturated heterocycles. The van der Waals surface area contributed by atoms with Crippen LogP contribution in [0.1, 0.15) is 5.56 Å². The first-order valence-electron chi connectivity index (χ1n) is 5.69. The lowest BCUT2D eigenvalue weighted by Crippen LogP contribution is -2.30. The molecule has 3 nitrogen and oxygen atoms in total. The van der Waals surface area contributed by atoms with Gasteiger partial charge in [0, 0.05) is 11.6 Å². The van der Waals surface area contributed by atoms with E-state index in [1.165, 1.54) is 6.07 Å². The summed E-state index contributed by atoms with van der Waals surface area (Å²) in [4.78, 5) is 0. The van der Waals surface area contributed by atoms with Crippen molar-refractivity contribution in [2.75, 3.05) is 0 Å². The van der Waals surface area contributed by atoms with E-state index in [9.17, 15) is 4.39 Å². The number of rotatable bonds is 4. The molecule has 0 saturated carbocycles. The van der Waals surface area contributed by atoms with Gasteiger partial charge in [0.1, 0.15) is 18.2 Å². The summed E-state index contributed by atoms with van der Waals surface area (Å²) >= 11 is 11.9. The first-order chi connectivity index (χ1) is 9.47. The van der Waals surface area contributed by atoms with Crippen molar-refractivity contribution in [1.29, 1.82) is 0 Å². The average molecular weight is 315 g/mol. The van der Waals surface area contributed by atoms with Gasteiger partial charge >= 0.3 is 7.12 Å². The van der Waals surface area contributed by atoms with Gasteiger partial charge in [-0.25, -0.2) is 4.39 Å². The predicted molar refractivity (Wildman–Crippen MR) is 77.0 cm³/mol. The lowest BCUT2D eigenvalue weighted by atomic mass is 9.80. The van der Waals surface area contributed by atoms with Gasteiger partial charge in [-0.1, -0.05) is 35.3 Å². The van der Waals surface area contributed by atoms with Crippen LogP contribution in [0, 0.1) is 5.82 Å². The fraction of sp³-hybridized carbons (Fsp3) is 0.0769. The number of benzene rings is 2. The fourth-order valence-corrected chi connectivity index (χ4v) is 2.01. The quantitative estimate of drug-likeness (QED) is 0.852. The molecule has 0 bridgehead atoms. The van der Waals surface area contributed by atoms with Crippen molar-refractivity contribution in [3.8, 4) is 5.75 Å². The largest absolute Gasteiger partial charge is 0.489 e. The molecule has 7 heteroatoms. The molecule has 0 unspecified atom stereocenters. The topological polar surface area (TPSA) is 49.7 Å². The Labute approximate surface area is 125 Å². The van der Waals surface area contributed by atoms with E-state index in [1.807, 2.05) is 0 Å². The molecule has 0 spiro atoms. The lowest BCUT2D eigenvalue weighted by Gasteiger charge is -2.10. The van der Waals surface area contributed by atoms with E-state index in [0.29, 0.717) is 15.6 Å². The summed E-state index contributed by atoms with van der Waals surface area (Å²) < 4.78 is 18.7. The van der Waals surface area contributed by atoms with Crippen LogP contribution in [0.15, 0.2) is 36.4 Å². The first kappa shape index (κ1) is 15.1. The fourth-order valence-electron chi connectivity index (χ4n) is 1.64.